The molecule has 2 amide bonds. The lowest BCUT2D eigenvalue weighted by Crippen LogP contribution is -2.37. The van der Waals surface area contributed by atoms with E-state index in [9.17, 15) is 9.59 Å². The summed E-state index contributed by atoms with van der Waals surface area (Å²) in [5.74, 6) is 1.30. The van der Waals surface area contributed by atoms with Crippen molar-refractivity contribution < 1.29 is 19.1 Å². The number of carbonyl (C=O) groups excluding carboxylic acids is 2. The minimum atomic E-state index is -0.497. The molecular formula is C32H43N5O4. The first-order valence-corrected chi connectivity index (χ1v) is 14.5. The average molecular weight is 562 g/mol. The van der Waals surface area contributed by atoms with E-state index in [-0.39, 0.29) is 12.0 Å². The Morgan fingerprint density at radius 3 is 2.29 bits per heavy atom. The number of rotatable bonds is 10. The number of fused-ring (bicyclic) bond motifs is 1. The predicted molar refractivity (Wildman–Crippen MR) is 161 cm³/mol. The maximum atomic E-state index is 13.4. The van der Waals surface area contributed by atoms with E-state index in [0.29, 0.717) is 48.7 Å². The van der Waals surface area contributed by atoms with E-state index >= 15 is 0 Å². The number of alkyl carbamates (subject to hydrolysis) is 1. The molecule has 0 saturated heterocycles. The predicted octanol–water partition coefficient (Wildman–Crippen LogP) is 5.30. The number of pyridine rings is 2. The van der Waals surface area contributed by atoms with Gasteiger partial charge in [-0.2, -0.15) is 0 Å². The van der Waals surface area contributed by atoms with Crippen LogP contribution in [-0.2, 0) is 4.74 Å². The van der Waals surface area contributed by atoms with Gasteiger partial charge in [-0.25, -0.2) is 14.8 Å². The number of hydrogen-bond acceptors (Lipinski definition) is 7. The van der Waals surface area contributed by atoms with Gasteiger partial charge in [-0.3, -0.25) is 4.79 Å². The summed E-state index contributed by atoms with van der Waals surface area (Å²) in [6.45, 7) is 8.19. The first kappa shape index (κ1) is 30.2. The Bertz CT molecular complexity index is 1310. The van der Waals surface area contributed by atoms with Gasteiger partial charge in [-0.05, 0) is 90.6 Å². The molecule has 9 nitrogen and oxygen atoms in total. The monoisotopic (exact) mass is 561 g/mol. The molecule has 2 heterocycles. The van der Waals surface area contributed by atoms with E-state index in [1.54, 1.807) is 6.20 Å². The Kier molecular flexibility index (Phi) is 10.2. The van der Waals surface area contributed by atoms with Crippen molar-refractivity contribution in [2.24, 2.45) is 11.8 Å². The van der Waals surface area contributed by atoms with E-state index in [0.717, 1.165) is 48.7 Å². The number of nitrogens with zero attached hydrogens (tertiary/aromatic N) is 3. The molecule has 2 N–H and O–H groups in total. The molecular weight excluding hydrogens is 518 g/mol. The van der Waals surface area contributed by atoms with Gasteiger partial charge in [0.05, 0.1) is 16.8 Å². The molecule has 1 saturated carbocycles. The summed E-state index contributed by atoms with van der Waals surface area (Å²) in [7, 11) is 4.00. The molecule has 0 unspecified atom stereocenters. The van der Waals surface area contributed by atoms with Crippen molar-refractivity contribution in [1.82, 2.24) is 25.5 Å². The standard InChI is InChI=1S/C32H43N5O4/c1-32(2,3)41-31(39)35-20-23-12-10-22(11-13-23)19-34-30(38)26-18-28(36-27-9-7-6-8-25(26)27)24-14-15-29(33-21-24)40-17-16-37(4)5/h6-9,14-15,18,21-23H,10-13,16-17,19-20H2,1-5H3,(H,34,38)(H,35,39). The first-order valence-electron chi connectivity index (χ1n) is 14.5. The van der Waals surface area contributed by atoms with Gasteiger partial charge in [0.15, 0.2) is 0 Å². The van der Waals surface area contributed by atoms with Crippen molar-refractivity contribution >= 4 is 22.9 Å². The van der Waals surface area contributed by atoms with Crippen molar-refractivity contribution in [3.63, 3.8) is 0 Å². The smallest absolute Gasteiger partial charge is 0.407 e. The molecule has 9 heteroatoms. The normalized spacial score (nSPS) is 17.3. The molecule has 2 aromatic heterocycles. The van der Waals surface area contributed by atoms with Crippen LogP contribution in [0.2, 0.25) is 0 Å². The molecule has 0 aliphatic heterocycles. The highest BCUT2D eigenvalue weighted by Crippen LogP contribution is 2.29. The summed E-state index contributed by atoms with van der Waals surface area (Å²) in [6, 6.07) is 13.3. The van der Waals surface area contributed by atoms with E-state index in [2.05, 4.69) is 20.5 Å². The Morgan fingerprint density at radius 1 is 0.976 bits per heavy atom. The average Bonchev–Trinajstić information content (AvgIpc) is 2.94. The number of ether oxygens (including phenoxy) is 2. The summed E-state index contributed by atoms with van der Waals surface area (Å²) in [4.78, 5) is 36.7. The lowest BCUT2D eigenvalue weighted by Gasteiger charge is -2.29. The van der Waals surface area contributed by atoms with E-state index < -0.39 is 5.60 Å². The van der Waals surface area contributed by atoms with Crippen LogP contribution >= 0.6 is 0 Å². The third-order valence-corrected chi connectivity index (χ3v) is 7.23. The van der Waals surface area contributed by atoms with Crippen LogP contribution in [0.3, 0.4) is 0 Å². The maximum Gasteiger partial charge on any atom is 0.407 e. The molecule has 41 heavy (non-hydrogen) atoms. The van der Waals surface area contributed by atoms with E-state index in [4.69, 9.17) is 14.5 Å². The van der Waals surface area contributed by atoms with Crippen LogP contribution in [0.1, 0.15) is 56.8 Å². The van der Waals surface area contributed by atoms with Gasteiger partial charge in [0, 0.05) is 42.8 Å². The molecule has 3 aromatic rings. The number of para-hydroxylation sites is 1. The molecule has 0 radical (unpaired) electrons. The van der Waals surface area contributed by atoms with Crippen molar-refractivity contribution in [1.29, 1.82) is 0 Å². The highest BCUT2D eigenvalue weighted by molar-refractivity contribution is 6.07. The summed E-state index contributed by atoms with van der Waals surface area (Å²) < 4.78 is 11.1. The Hall–Kier alpha value is -3.72. The number of carbonyl (C=O) groups is 2. The number of nitrogens with one attached hydrogen (secondary N) is 2. The third-order valence-electron chi connectivity index (χ3n) is 7.23. The largest absolute Gasteiger partial charge is 0.476 e. The fourth-order valence-electron chi connectivity index (χ4n) is 4.97. The molecule has 220 valence electrons. The van der Waals surface area contributed by atoms with Crippen LogP contribution in [0.4, 0.5) is 4.79 Å². The fraction of sp³-hybridized carbons (Fsp3) is 0.500. The fourth-order valence-corrected chi connectivity index (χ4v) is 4.97. The number of amides is 2. The van der Waals surface area contributed by atoms with Crippen molar-refractivity contribution in [3.05, 3.63) is 54.2 Å². The molecule has 1 aliphatic rings. The first-order chi connectivity index (χ1) is 19.6. The van der Waals surface area contributed by atoms with Crippen LogP contribution in [0, 0.1) is 11.8 Å². The van der Waals surface area contributed by atoms with Gasteiger partial charge in [0.25, 0.3) is 5.91 Å². The minimum absolute atomic E-state index is 0.102. The van der Waals surface area contributed by atoms with Gasteiger partial charge in [-0.15, -0.1) is 0 Å². The highest BCUT2D eigenvalue weighted by atomic mass is 16.6. The van der Waals surface area contributed by atoms with Crippen molar-refractivity contribution in [3.8, 4) is 17.1 Å². The lowest BCUT2D eigenvalue weighted by atomic mass is 9.82. The molecule has 1 aromatic carbocycles. The molecule has 1 fully saturated rings. The van der Waals surface area contributed by atoms with Crippen LogP contribution < -0.4 is 15.4 Å². The van der Waals surface area contributed by atoms with Crippen LogP contribution in [-0.4, -0.2) is 72.8 Å². The SMILES string of the molecule is CN(C)CCOc1ccc(-c2cc(C(=O)NCC3CCC(CNC(=O)OC(C)(C)C)CC3)c3ccccc3n2)cn1. The zero-order valence-electron chi connectivity index (χ0n) is 24.9. The summed E-state index contributed by atoms with van der Waals surface area (Å²) in [6.07, 6.45) is 5.42. The maximum absolute atomic E-state index is 13.4. The zero-order chi connectivity index (χ0) is 29.4. The summed E-state index contributed by atoms with van der Waals surface area (Å²) in [5.41, 5.74) is 2.39. The van der Waals surface area contributed by atoms with Crippen LogP contribution in [0.5, 0.6) is 5.88 Å². The van der Waals surface area contributed by atoms with Gasteiger partial charge >= 0.3 is 6.09 Å². The quantitative estimate of drug-likeness (QED) is 0.346. The van der Waals surface area contributed by atoms with Gasteiger partial charge in [0.2, 0.25) is 5.88 Å². The summed E-state index contributed by atoms with van der Waals surface area (Å²) >= 11 is 0. The number of benzene rings is 1. The second-order valence-electron chi connectivity index (χ2n) is 12.1. The zero-order valence-corrected chi connectivity index (χ0v) is 24.9. The van der Waals surface area contributed by atoms with Crippen LogP contribution in [0.15, 0.2) is 48.7 Å². The van der Waals surface area contributed by atoms with Crippen molar-refractivity contribution in [2.75, 3.05) is 40.3 Å². The van der Waals surface area contributed by atoms with Crippen molar-refractivity contribution in [2.45, 2.75) is 52.1 Å². The topological polar surface area (TPSA) is 106 Å². The Balaban J connectivity index is 1.34. The highest BCUT2D eigenvalue weighted by Gasteiger charge is 2.24. The number of aromatic nitrogens is 2. The third kappa shape index (κ3) is 9.14. The number of hydrogen-bond donors (Lipinski definition) is 2. The van der Waals surface area contributed by atoms with E-state index in [1.807, 2.05) is 77.3 Å². The molecule has 0 bridgehead atoms. The van der Waals surface area contributed by atoms with Gasteiger partial charge < -0.3 is 25.0 Å². The van der Waals surface area contributed by atoms with Crippen LogP contribution in [0.25, 0.3) is 22.2 Å². The molecule has 4 rings (SSSR count). The lowest BCUT2D eigenvalue weighted by molar-refractivity contribution is 0.0512. The minimum Gasteiger partial charge on any atom is -0.476 e. The van der Waals surface area contributed by atoms with Gasteiger partial charge in [0.1, 0.15) is 12.2 Å². The van der Waals surface area contributed by atoms with E-state index in [1.165, 1.54) is 0 Å². The molecule has 0 spiro atoms. The Labute approximate surface area is 243 Å². The molecule has 0 atom stereocenters. The second kappa shape index (κ2) is 13.8. The molecule has 1 aliphatic carbocycles. The Morgan fingerprint density at radius 2 is 1.66 bits per heavy atom. The number of likely N-dealkylation sites (N-methyl/N-ethyl adjacent to an activating group) is 1. The van der Waals surface area contributed by atoms with Gasteiger partial charge in [-0.1, -0.05) is 18.2 Å². The summed E-state index contributed by atoms with van der Waals surface area (Å²) in [5, 5.41) is 6.89. The second-order valence-corrected chi connectivity index (χ2v) is 12.1.